The summed E-state index contributed by atoms with van der Waals surface area (Å²) >= 11 is 1.67. The van der Waals surface area contributed by atoms with Gasteiger partial charge in [0.2, 0.25) is 0 Å². The van der Waals surface area contributed by atoms with Crippen molar-refractivity contribution in [1.29, 1.82) is 0 Å². The van der Waals surface area contributed by atoms with Crippen LogP contribution in [0.15, 0.2) is 35.7 Å². The van der Waals surface area contributed by atoms with Crippen molar-refractivity contribution in [1.82, 2.24) is 10.2 Å². The lowest BCUT2D eigenvalue weighted by molar-refractivity contribution is -0.286. The van der Waals surface area contributed by atoms with Gasteiger partial charge in [-0.1, -0.05) is 12.1 Å². The molecule has 3 heterocycles. The highest BCUT2D eigenvalue weighted by atomic mass is 35.5. The lowest BCUT2D eigenvalue weighted by Gasteiger charge is -2.34. The molecule has 2 aliphatic heterocycles. The van der Waals surface area contributed by atoms with Crippen molar-refractivity contribution in [3.63, 3.8) is 0 Å². The second-order valence-corrected chi connectivity index (χ2v) is 6.56. The zero-order valence-corrected chi connectivity index (χ0v) is 15.6. The predicted molar refractivity (Wildman–Crippen MR) is 97.7 cm³/mol. The van der Waals surface area contributed by atoms with Gasteiger partial charge in [0.1, 0.15) is 0 Å². The summed E-state index contributed by atoms with van der Waals surface area (Å²) < 4.78 is 35.6. The fourth-order valence-electron chi connectivity index (χ4n) is 3.08. The standard InChI is InChI=1S/C16H16F2N2O2S.2ClH/c17-16(18)21-12-4-3-11(10-13(12)22-16)15(14-2-1-9-23-14)20-7-5-19-6-8-20;;/h1-4,9-10,15,19H,5-8H2;2*1H/t15-;;/m1../s1. The largest absolute Gasteiger partial charge is 0.586 e. The first-order valence-electron chi connectivity index (χ1n) is 7.50. The number of ether oxygens (including phenoxy) is 2. The van der Waals surface area contributed by atoms with Crippen LogP contribution in [0.25, 0.3) is 0 Å². The van der Waals surface area contributed by atoms with Gasteiger partial charge in [-0.25, -0.2) is 0 Å². The van der Waals surface area contributed by atoms with Crippen LogP contribution in [0.4, 0.5) is 8.78 Å². The van der Waals surface area contributed by atoms with E-state index in [1.807, 2.05) is 17.5 Å². The van der Waals surface area contributed by atoms with Gasteiger partial charge in [-0.15, -0.1) is 44.9 Å². The fraction of sp³-hybridized carbons (Fsp3) is 0.375. The summed E-state index contributed by atoms with van der Waals surface area (Å²) in [7, 11) is 0. The van der Waals surface area contributed by atoms with E-state index in [1.54, 1.807) is 23.5 Å². The number of alkyl halides is 2. The Kier molecular flexibility index (Phi) is 6.51. The molecule has 138 valence electrons. The maximum atomic E-state index is 13.2. The highest BCUT2D eigenvalue weighted by Gasteiger charge is 2.43. The summed E-state index contributed by atoms with van der Waals surface area (Å²) in [5, 5.41) is 5.37. The molecule has 9 heteroatoms. The Balaban J connectivity index is 0.00000113. The van der Waals surface area contributed by atoms with E-state index in [-0.39, 0.29) is 42.4 Å². The van der Waals surface area contributed by atoms with Gasteiger partial charge in [-0.3, -0.25) is 4.90 Å². The van der Waals surface area contributed by atoms with Crippen LogP contribution in [0.3, 0.4) is 0 Å². The number of thiophene rings is 1. The number of fused-ring (bicyclic) bond motifs is 1. The van der Waals surface area contributed by atoms with Crippen LogP contribution in [0.1, 0.15) is 16.5 Å². The lowest BCUT2D eigenvalue weighted by Crippen LogP contribution is -2.45. The van der Waals surface area contributed by atoms with Crippen LogP contribution in [0, 0.1) is 0 Å². The molecular formula is C16H18Cl2F2N2O2S. The number of halogens is 4. The molecule has 25 heavy (non-hydrogen) atoms. The van der Waals surface area contributed by atoms with E-state index in [2.05, 4.69) is 25.8 Å². The van der Waals surface area contributed by atoms with Gasteiger partial charge in [0.25, 0.3) is 0 Å². The maximum absolute atomic E-state index is 13.2. The second-order valence-electron chi connectivity index (χ2n) is 5.58. The van der Waals surface area contributed by atoms with Crippen LogP contribution < -0.4 is 14.8 Å². The molecule has 1 saturated heterocycles. The molecule has 0 aliphatic carbocycles. The van der Waals surface area contributed by atoms with Crippen molar-refractivity contribution in [2.45, 2.75) is 12.3 Å². The smallest absolute Gasteiger partial charge is 0.395 e. The minimum Gasteiger partial charge on any atom is -0.395 e. The summed E-state index contributed by atoms with van der Waals surface area (Å²) in [5.41, 5.74) is 0.939. The first-order valence-corrected chi connectivity index (χ1v) is 8.38. The number of nitrogens with one attached hydrogen (secondary N) is 1. The molecule has 1 aromatic carbocycles. The molecule has 4 nitrogen and oxygen atoms in total. The third-order valence-corrected chi connectivity index (χ3v) is 5.00. The fourth-order valence-corrected chi connectivity index (χ4v) is 3.96. The Labute approximate surface area is 160 Å². The van der Waals surface area contributed by atoms with Gasteiger partial charge in [0.05, 0.1) is 6.04 Å². The molecule has 4 rings (SSSR count). The monoisotopic (exact) mass is 410 g/mol. The summed E-state index contributed by atoms with van der Waals surface area (Å²) in [6.07, 6.45) is -3.57. The molecule has 2 aliphatic rings. The van der Waals surface area contributed by atoms with E-state index in [9.17, 15) is 8.78 Å². The average Bonchev–Trinajstić information content (AvgIpc) is 3.14. The predicted octanol–water partition coefficient (Wildman–Crippen LogP) is 3.91. The molecular weight excluding hydrogens is 393 g/mol. The number of nitrogens with zero attached hydrogens (tertiary/aromatic N) is 1. The summed E-state index contributed by atoms with van der Waals surface area (Å²) in [6.45, 7) is 3.66. The molecule has 0 saturated carbocycles. The molecule has 1 fully saturated rings. The number of hydrogen-bond acceptors (Lipinski definition) is 5. The first kappa shape index (κ1) is 20.2. The first-order chi connectivity index (χ1) is 11.1. The SMILES string of the molecule is Cl.Cl.FC1(F)Oc2ccc([C@H](c3cccs3)N3CCNCC3)cc2O1. The Bertz CT molecular complexity index is 697. The van der Waals surface area contributed by atoms with Gasteiger partial charge < -0.3 is 14.8 Å². The van der Waals surface area contributed by atoms with Crippen molar-refractivity contribution < 1.29 is 18.3 Å². The zero-order chi connectivity index (χ0) is 15.9. The van der Waals surface area contributed by atoms with Crippen LogP contribution in [0.5, 0.6) is 11.5 Å². The summed E-state index contributed by atoms with van der Waals surface area (Å²) in [4.78, 5) is 3.55. The zero-order valence-electron chi connectivity index (χ0n) is 13.1. The van der Waals surface area contributed by atoms with Crippen molar-refractivity contribution in [2.24, 2.45) is 0 Å². The molecule has 0 amide bonds. The molecule has 1 atom stereocenters. The summed E-state index contributed by atoms with van der Waals surface area (Å²) in [6, 6.07) is 9.21. The van der Waals surface area contributed by atoms with E-state index >= 15 is 0 Å². The van der Waals surface area contributed by atoms with Gasteiger partial charge in [0, 0.05) is 31.1 Å². The van der Waals surface area contributed by atoms with Crippen LogP contribution in [-0.2, 0) is 0 Å². The molecule has 0 spiro atoms. The normalized spacial score (nSPS) is 19.6. The Hall–Kier alpha value is -1.12. The quantitative estimate of drug-likeness (QED) is 0.831. The highest BCUT2D eigenvalue weighted by Crippen LogP contribution is 2.43. The number of rotatable bonds is 3. The van der Waals surface area contributed by atoms with Crippen molar-refractivity contribution in [3.05, 3.63) is 46.2 Å². The molecule has 0 radical (unpaired) electrons. The van der Waals surface area contributed by atoms with Crippen LogP contribution in [0.2, 0.25) is 0 Å². The minimum absolute atomic E-state index is 0. The van der Waals surface area contributed by atoms with Gasteiger partial charge in [-0.2, -0.15) is 0 Å². The van der Waals surface area contributed by atoms with Crippen LogP contribution >= 0.6 is 36.2 Å². The number of hydrogen-bond donors (Lipinski definition) is 1. The Morgan fingerprint density at radius 3 is 2.48 bits per heavy atom. The molecule has 1 N–H and O–H groups in total. The van der Waals surface area contributed by atoms with Crippen LogP contribution in [-0.4, -0.2) is 37.4 Å². The van der Waals surface area contributed by atoms with Gasteiger partial charge >= 0.3 is 6.29 Å². The van der Waals surface area contributed by atoms with E-state index in [0.29, 0.717) is 0 Å². The minimum atomic E-state index is -3.57. The number of benzene rings is 1. The van der Waals surface area contributed by atoms with E-state index < -0.39 is 6.29 Å². The topological polar surface area (TPSA) is 33.7 Å². The third-order valence-electron chi connectivity index (χ3n) is 4.07. The van der Waals surface area contributed by atoms with Crippen molar-refractivity contribution in [2.75, 3.05) is 26.2 Å². The third kappa shape index (κ3) is 4.17. The van der Waals surface area contributed by atoms with Gasteiger partial charge in [0.15, 0.2) is 11.5 Å². The highest BCUT2D eigenvalue weighted by molar-refractivity contribution is 7.10. The average molecular weight is 411 g/mol. The molecule has 0 unspecified atom stereocenters. The number of piperazine rings is 1. The summed E-state index contributed by atoms with van der Waals surface area (Å²) in [5.74, 6) is 0.188. The van der Waals surface area contributed by atoms with Gasteiger partial charge in [-0.05, 0) is 29.1 Å². The van der Waals surface area contributed by atoms with E-state index in [1.165, 1.54) is 4.88 Å². The molecule has 0 bridgehead atoms. The Morgan fingerprint density at radius 2 is 1.80 bits per heavy atom. The lowest BCUT2D eigenvalue weighted by atomic mass is 10.0. The van der Waals surface area contributed by atoms with Crippen molar-refractivity contribution >= 4 is 36.2 Å². The molecule has 1 aromatic heterocycles. The second kappa shape index (κ2) is 8.05. The maximum Gasteiger partial charge on any atom is 0.586 e. The Morgan fingerprint density at radius 1 is 1.08 bits per heavy atom. The van der Waals surface area contributed by atoms with E-state index in [0.717, 1.165) is 31.7 Å². The van der Waals surface area contributed by atoms with Crippen molar-refractivity contribution in [3.8, 4) is 11.5 Å². The van der Waals surface area contributed by atoms with E-state index in [4.69, 9.17) is 0 Å². The molecule has 2 aromatic rings.